The van der Waals surface area contributed by atoms with Crippen molar-refractivity contribution in [2.45, 2.75) is 40.2 Å². The molecule has 0 spiro atoms. The van der Waals surface area contributed by atoms with Crippen molar-refractivity contribution in [1.82, 2.24) is 4.90 Å². The molecule has 120 valence electrons. The molecule has 0 aliphatic carbocycles. The number of nitrogens with zero attached hydrogens (tertiary/aromatic N) is 1. The molecule has 0 aromatic carbocycles. The zero-order valence-corrected chi connectivity index (χ0v) is 13.5. The van der Waals surface area contributed by atoms with Gasteiger partial charge in [0.15, 0.2) is 0 Å². The highest BCUT2D eigenvalue weighted by atomic mass is 16.5. The van der Waals surface area contributed by atoms with E-state index in [-0.39, 0.29) is 12.7 Å². The number of carboxylic acid groups (broad SMARTS) is 1. The molecule has 0 aliphatic heterocycles. The molecule has 0 saturated carbocycles. The number of hydrogen-bond donors (Lipinski definition) is 3. The summed E-state index contributed by atoms with van der Waals surface area (Å²) in [7, 11) is 1.83. The van der Waals surface area contributed by atoms with Crippen LogP contribution in [0.2, 0.25) is 0 Å². The molecule has 0 fully saturated rings. The van der Waals surface area contributed by atoms with E-state index in [4.69, 9.17) is 21.3 Å². The van der Waals surface area contributed by atoms with Crippen LogP contribution in [0.1, 0.15) is 34.1 Å². The van der Waals surface area contributed by atoms with Gasteiger partial charge in [0.05, 0.1) is 11.9 Å². The summed E-state index contributed by atoms with van der Waals surface area (Å²) in [6, 6.07) is 0. The first-order chi connectivity index (χ1) is 9.16. The Labute approximate surface area is 123 Å². The maximum Gasteiger partial charge on any atom is 0.329 e. The van der Waals surface area contributed by atoms with Crippen LogP contribution >= 0.6 is 0 Å². The second-order valence-corrected chi connectivity index (χ2v) is 4.06. The summed E-state index contributed by atoms with van der Waals surface area (Å²) < 4.78 is 5.04. The number of aliphatic carboxylic acids is 1. The molecule has 0 amide bonds. The summed E-state index contributed by atoms with van der Waals surface area (Å²) in [6.45, 7) is 14.9. The topological polar surface area (TPSA) is 102 Å². The first kappa shape index (κ1) is 23.4. The van der Waals surface area contributed by atoms with E-state index in [1.54, 1.807) is 11.8 Å². The van der Waals surface area contributed by atoms with Crippen LogP contribution in [0, 0.1) is 0 Å². The van der Waals surface area contributed by atoms with Crippen LogP contribution in [-0.2, 0) is 9.53 Å². The number of carbonyl (C=O) groups is 1. The fourth-order valence-corrected chi connectivity index (χ4v) is 0.816. The minimum absolute atomic E-state index is 0.0899. The average Bonchev–Trinajstić information content (AvgIpc) is 2.34. The maximum absolute atomic E-state index is 10.2. The summed E-state index contributed by atoms with van der Waals surface area (Å²) in [5.41, 5.74) is 11.0. The first-order valence-corrected chi connectivity index (χ1v) is 6.56. The van der Waals surface area contributed by atoms with Crippen molar-refractivity contribution in [3.8, 4) is 0 Å². The highest BCUT2D eigenvalue weighted by molar-refractivity contribution is 5.68. The average molecular weight is 289 g/mol. The monoisotopic (exact) mass is 289 g/mol. The van der Waals surface area contributed by atoms with Crippen molar-refractivity contribution in [3.63, 3.8) is 0 Å². The van der Waals surface area contributed by atoms with Crippen molar-refractivity contribution in [2.75, 3.05) is 20.2 Å². The Morgan fingerprint density at radius 1 is 1.35 bits per heavy atom. The van der Waals surface area contributed by atoms with Crippen molar-refractivity contribution in [1.29, 1.82) is 0 Å². The summed E-state index contributed by atoms with van der Waals surface area (Å²) in [5, 5.41) is 8.36. The Kier molecular flexibility index (Phi) is 18.0. The third-order valence-corrected chi connectivity index (χ3v) is 1.85. The molecule has 0 saturated heterocycles. The summed E-state index contributed by atoms with van der Waals surface area (Å²) in [6.07, 6.45) is 0.632. The lowest BCUT2D eigenvalue weighted by Gasteiger charge is -2.20. The van der Waals surface area contributed by atoms with E-state index in [0.717, 1.165) is 6.42 Å². The maximum atomic E-state index is 10.2. The van der Waals surface area contributed by atoms with Gasteiger partial charge in [-0.15, -0.1) is 0 Å². The van der Waals surface area contributed by atoms with Gasteiger partial charge in [0.25, 0.3) is 0 Å². The van der Waals surface area contributed by atoms with Gasteiger partial charge in [-0.2, -0.15) is 0 Å². The van der Waals surface area contributed by atoms with Crippen LogP contribution < -0.4 is 11.5 Å². The quantitative estimate of drug-likeness (QED) is 0.659. The van der Waals surface area contributed by atoms with Gasteiger partial charge in [0.1, 0.15) is 6.61 Å². The SMILES string of the molecule is C=C(C)N.C=C(N)N(C)CCC(C)OCC(=O)O.CC. The number of nitrogens with two attached hydrogens (primary N) is 2. The zero-order chi connectivity index (χ0) is 16.7. The van der Waals surface area contributed by atoms with Gasteiger partial charge in [-0.3, -0.25) is 0 Å². The Balaban J connectivity index is -0.000000410. The highest BCUT2D eigenvalue weighted by Crippen LogP contribution is 2.00. The first-order valence-electron chi connectivity index (χ1n) is 6.56. The smallest absolute Gasteiger partial charge is 0.329 e. The molecule has 0 aromatic heterocycles. The standard InChI is InChI=1S/C9H18N2O3.C3H7N.C2H6/c1-7(14-6-9(12)13)4-5-11(3)8(2)10;1-3(2)4;1-2/h7H,2,4-6,10H2,1,3H3,(H,12,13);1,4H2,2H3;1-2H3. The van der Waals surface area contributed by atoms with Gasteiger partial charge in [0.2, 0.25) is 0 Å². The number of rotatable bonds is 7. The van der Waals surface area contributed by atoms with Gasteiger partial charge in [0, 0.05) is 13.6 Å². The molecule has 6 nitrogen and oxygen atoms in total. The van der Waals surface area contributed by atoms with Crippen LogP contribution in [0.15, 0.2) is 24.7 Å². The Hall–Kier alpha value is -1.69. The Morgan fingerprint density at radius 3 is 2.05 bits per heavy atom. The molecule has 1 atom stereocenters. The molecule has 0 rings (SSSR count). The lowest BCUT2D eigenvalue weighted by molar-refractivity contribution is -0.144. The third kappa shape index (κ3) is 25.2. The molecular weight excluding hydrogens is 258 g/mol. The van der Waals surface area contributed by atoms with E-state index in [9.17, 15) is 4.79 Å². The van der Waals surface area contributed by atoms with Crippen LogP contribution in [-0.4, -0.2) is 42.3 Å². The normalized spacial score (nSPS) is 10.1. The van der Waals surface area contributed by atoms with Crippen molar-refractivity contribution < 1.29 is 14.6 Å². The molecule has 1 unspecified atom stereocenters. The van der Waals surface area contributed by atoms with Gasteiger partial charge < -0.3 is 26.2 Å². The van der Waals surface area contributed by atoms with E-state index in [1.165, 1.54) is 0 Å². The van der Waals surface area contributed by atoms with E-state index in [0.29, 0.717) is 18.1 Å². The molecule has 5 N–H and O–H groups in total. The Morgan fingerprint density at radius 2 is 1.75 bits per heavy atom. The lowest BCUT2D eigenvalue weighted by atomic mass is 10.3. The van der Waals surface area contributed by atoms with Gasteiger partial charge >= 0.3 is 5.97 Å². The van der Waals surface area contributed by atoms with Crippen LogP contribution in [0.3, 0.4) is 0 Å². The van der Waals surface area contributed by atoms with Gasteiger partial charge in [-0.05, 0) is 26.0 Å². The number of carboxylic acids is 1. The molecule has 0 radical (unpaired) electrons. The predicted molar refractivity (Wildman–Crippen MR) is 84.0 cm³/mol. The van der Waals surface area contributed by atoms with Crippen molar-refractivity contribution in [3.05, 3.63) is 24.7 Å². The molecule has 6 heteroatoms. The molecular formula is C14H31N3O3. The lowest BCUT2D eigenvalue weighted by Crippen LogP contribution is -2.27. The molecule has 0 bridgehead atoms. The summed E-state index contributed by atoms with van der Waals surface area (Å²) in [4.78, 5) is 12.0. The molecule has 0 aromatic rings. The molecule has 20 heavy (non-hydrogen) atoms. The highest BCUT2D eigenvalue weighted by Gasteiger charge is 2.06. The number of ether oxygens (including phenoxy) is 1. The fourth-order valence-electron chi connectivity index (χ4n) is 0.816. The number of allylic oxidation sites excluding steroid dienone is 1. The van der Waals surface area contributed by atoms with E-state index < -0.39 is 5.97 Å². The van der Waals surface area contributed by atoms with Gasteiger partial charge in [-0.25, -0.2) is 4.79 Å². The van der Waals surface area contributed by atoms with Crippen molar-refractivity contribution >= 4 is 5.97 Å². The summed E-state index contributed by atoms with van der Waals surface area (Å²) >= 11 is 0. The zero-order valence-electron chi connectivity index (χ0n) is 13.5. The second-order valence-electron chi connectivity index (χ2n) is 4.06. The minimum Gasteiger partial charge on any atom is -0.480 e. The number of hydrogen-bond acceptors (Lipinski definition) is 5. The fraction of sp³-hybridized carbons (Fsp3) is 0.643. The second kappa shape index (κ2) is 15.4. The van der Waals surface area contributed by atoms with Gasteiger partial charge in [-0.1, -0.05) is 27.0 Å². The molecule has 0 heterocycles. The van der Waals surface area contributed by atoms with Crippen LogP contribution in [0.5, 0.6) is 0 Å². The predicted octanol–water partition coefficient (Wildman–Crippen LogP) is 1.73. The largest absolute Gasteiger partial charge is 0.480 e. The third-order valence-electron chi connectivity index (χ3n) is 1.85. The van der Waals surface area contributed by atoms with Crippen molar-refractivity contribution in [2.24, 2.45) is 11.5 Å². The van der Waals surface area contributed by atoms with Crippen LogP contribution in [0.25, 0.3) is 0 Å². The van der Waals surface area contributed by atoms with E-state index in [2.05, 4.69) is 13.2 Å². The van der Waals surface area contributed by atoms with Crippen LogP contribution in [0.4, 0.5) is 0 Å². The van der Waals surface area contributed by atoms with E-state index in [1.807, 2.05) is 27.8 Å². The summed E-state index contributed by atoms with van der Waals surface area (Å²) in [5.74, 6) is -0.455. The molecule has 0 aliphatic rings. The Bertz CT molecular complexity index is 277. The minimum atomic E-state index is -0.951. The van der Waals surface area contributed by atoms with E-state index >= 15 is 0 Å².